The molecule has 0 bridgehead atoms. The van der Waals surface area contributed by atoms with Gasteiger partial charge in [-0.05, 0) is 51.9 Å². The Balaban J connectivity index is 1.81. The Labute approximate surface area is 117 Å². The molecule has 2 rings (SSSR count). The average molecular weight is 286 g/mol. The number of hydrogen-bond donors (Lipinski definition) is 1. The number of piperidine rings is 1. The van der Waals surface area contributed by atoms with E-state index in [2.05, 4.69) is 10.8 Å². The van der Waals surface area contributed by atoms with Crippen molar-refractivity contribution in [3.05, 3.63) is 11.6 Å². The van der Waals surface area contributed by atoms with Crippen molar-refractivity contribution in [2.75, 3.05) is 13.1 Å². The normalized spacial score (nSPS) is 26.2. The van der Waals surface area contributed by atoms with Crippen molar-refractivity contribution < 1.29 is 8.42 Å². The van der Waals surface area contributed by atoms with Crippen LogP contribution in [0.1, 0.15) is 58.3 Å². The lowest BCUT2D eigenvalue weighted by molar-refractivity contribution is 0.265. The van der Waals surface area contributed by atoms with Gasteiger partial charge in [-0.3, -0.25) is 0 Å². The highest BCUT2D eigenvalue weighted by Crippen LogP contribution is 2.21. The Bertz CT molecular complexity index is 417. The van der Waals surface area contributed by atoms with Gasteiger partial charge in [0, 0.05) is 19.1 Å². The molecule has 4 nitrogen and oxygen atoms in total. The predicted molar refractivity (Wildman–Crippen MR) is 78.1 cm³/mol. The van der Waals surface area contributed by atoms with E-state index in [0.717, 1.165) is 38.5 Å². The molecule has 1 aliphatic heterocycles. The summed E-state index contributed by atoms with van der Waals surface area (Å²) in [5.74, 6) is 0. The Hall–Kier alpha value is -0.390. The van der Waals surface area contributed by atoms with Crippen LogP contribution in [0.2, 0.25) is 0 Å². The van der Waals surface area contributed by atoms with Crippen molar-refractivity contribution in [1.29, 1.82) is 0 Å². The van der Waals surface area contributed by atoms with Gasteiger partial charge in [-0.15, -0.1) is 0 Å². The molecule has 1 saturated heterocycles. The summed E-state index contributed by atoms with van der Waals surface area (Å²) >= 11 is 0. The van der Waals surface area contributed by atoms with Gasteiger partial charge in [0.1, 0.15) is 0 Å². The van der Waals surface area contributed by atoms with Crippen LogP contribution in [0.4, 0.5) is 0 Å². The summed E-state index contributed by atoms with van der Waals surface area (Å²) in [6.45, 7) is 3.21. The largest absolute Gasteiger partial charge is 0.279 e. The molecule has 0 amide bonds. The maximum atomic E-state index is 12.2. The van der Waals surface area contributed by atoms with E-state index in [9.17, 15) is 8.42 Å². The smallest absolute Gasteiger partial charge is 0.202 e. The first-order chi connectivity index (χ1) is 9.09. The molecule has 1 N–H and O–H groups in total. The lowest BCUT2D eigenvalue weighted by Crippen LogP contribution is -2.48. The minimum Gasteiger partial charge on any atom is -0.202 e. The summed E-state index contributed by atoms with van der Waals surface area (Å²) in [5.41, 5.74) is 1.42. The van der Waals surface area contributed by atoms with Crippen molar-refractivity contribution in [3.8, 4) is 0 Å². The third kappa shape index (κ3) is 4.29. The standard InChI is InChI=1S/C14H26N2O2S/c1-13-7-5-6-12-16(13)19(17,18)15-11-10-14-8-3-2-4-9-14/h8,13,15H,2-7,9-12H2,1H3/t13-/m1/s1. The molecule has 110 valence electrons. The Morgan fingerprint density at radius 3 is 2.84 bits per heavy atom. The fraction of sp³-hybridized carbons (Fsp3) is 0.857. The fourth-order valence-corrected chi connectivity index (χ4v) is 4.46. The molecule has 0 aromatic carbocycles. The second kappa shape index (κ2) is 6.86. The van der Waals surface area contributed by atoms with Crippen LogP contribution < -0.4 is 4.72 Å². The quantitative estimate of drug-likeness (QED) is 0.790. The van der Waals surface area contributed by atoms with E-state index >= 15 is 0 Å². The van der Waals surface area contributed by atoms with E-state index in [1.807, 2.05) is 6.92 Å². The van der Waals surface area contributed by atoms with Crippen molar-refractivity contribution in [3.63, 3.8) is 0 Å². The molecule has 1 atom stereocenters. The molecule has 1 heterocycles. The summed E-state index contributed by atoms with van der Waals surface area (Å²) in [5, 5.41) is 0. The molecular weight excluding hydrogens is 260 g/mol. The van der Waals surface area contributed by atoms with E-state index in [4.69, 9.17) is 0 Å². The molecule has 19 heavy (non-hydrogen) atoms. The minimum absolute atomic E-state index is 0.139. The van der Waals surface area contributed by atoms with Crippen molar-refractivity contribution >= 4 is 10.2 Å². The third-order valence-corrected chi connectivity index (χ3v) is 5.90. The number of rotatable bonds is 5. The highest BCUT2D eigenvalue weighted by molar-refractivity contribution is 7.87. The summed E-state index contributed by atoms with van der Waals surface area (Å²) in [7, 11) is -3.28. The minimum atomic E-state index is -3.28. The van der Waals surface area contributed by atoms with Gasteiger partial charge in [0.25, 0.3) is 10.2 Å². The Kier molecular flexibility index (Phi) is 5.42. The van der Waals surface area contributed by atoms with Crippen LogP contribution in [-0.4, -0.2) is 31.9 Å². The topological polar surface area (TPSA) is 49.4 Å². The van der Waals surface area contributed by atoms with Crippen molar-refractivity contribution in [1.82, 2.24) is 9.03 Å². The molecule has 1 fully saturated rings. The summed E-state index contributed by atoms with van der Waals surface area (Å²) in [6, 6.07) is 0.139. The van der Waals surface area contributed by atoms with Crippen LogP contribution in [0.25, 0.3) is 0 Å². The second-order valence-corrected chi connectivity index (χ2v) is 7.42. The fourth-order valence-electron chi connectivity index (χ4n) is 2.98. The lowest BCUT2D eigenvalue weighted by atomic mass is 9.97. The molecule has 0 radical (unpaired) electrons. The highest BCUT2D eigenvalue weighted by atomic mass is 32.2. The first-order valence-electron chi connectivity index (χ1n) is 7.54. The van der Waals surface area contributed by atoms with E-state index < -0.39 is 10.2 Å². The van der Waals surface area contributed by atoms with Gasteiger partial charge in [0.2, 0.25) is 0 Å². The molecule has 0 unspecified atom stereocenters. The van der Waals surface area contributed by atoms with Gasteiger partial charge in [-0.25, -0.2) is 4.72 Å². The first-order valence-corrected chi connectivity index (χ1v) is 8.98. The summed E-state index contributed by atoms with van der Waals surface area (Å²) in [6.07, 6.45) is 11.1. The van der Waals surface area contributed by atoms with E-state index in [1.54, 1.807) is 4.31 Å². The van der Waals surface area contributed by atoms with Crippen LogP contribution in [0, 0.1) is 0 Å². The predicted octanol–water partition coefficient (Wildman–Crippen LogP) is 2.59. The molecule has 1 aliphatic carbocycles. The molecule has 2 aliphatic rings. The number of allylic oxidation sites excluding steroid dienone is 1. The molecule has 0 aromatic rings. The number of nitrogens with one attached hydrogen (secondary N) is 1. The molecule has 0 saturated carbocycles. The number of nitrogens with zero attached hydrogens (tertiary/aromatic N) is 1. The monoisotopic (exact) mass is 286 g/mol. The molecule has 0 aromatic heterocycles. The maximum Gasteiger partial charge on any atom is 0.279 e. The molecular formula is C14H26N2O2S. The van der Waals surface area contributed by atoms with Crippen LogP contribution in [0.15, 0.2) is 11.6 Å². The van der Waals surface area contributed by atoms with Crippen molar-refractivity contribution in [2.24, 2.45) is 0 Å². The van der Waals surface area contributed by atoms with Gasteiger partial charge in [0.15, 0.2) is 0 Å². The van der Waals surface area contributed by atoms with Gasteiger partial charge >= 0.3 is 0 Å². The molecule has 0 spiro atoms. The summed E-state index contributed by atoms with van der Waals surface area (Å²) < 4.78 is 28.9. The van der Waals surface area contributed by atoms with Gasteiger partial charge in [0.05, 0.1) is 0 Å². The van der Waals surface area contributed by atoms with E-state index in [0.29, 0.717) is 13.1 Å². The van der Waals surface area contributed by atoms with Gasteiger partial charge in [-0.2, -0.15) is 12.7 Å². The Morgan fingerprint density at radius 2 is 2.16 bits per heavy atom. The van der Waals surface area contributed by atoms with E-state index in [1.165, 1.54) is 18.4 Å². The summed E-state index contributed by atoms with van der Waals surface area (Å²) in [4.78, 5) is 0. The Morgan fingerprint density at radius 1 is 1.32 bits per heavy atom. The second-order valence-electron chi connectivity index (χ2n) is 5.71. The van der Waals surface area contributed by atoms with E-state index in [-0.39, 0.29) is 6.04 Å². The zero-order valence-electron chi connectivity index (χ0n) is 11.9. The highest BCUT2D eigenvalue weighted by Gasteiger charge is 2.28. The first kappa shape index (κ1) is 15.0. The van der Waals surface area contributed by atoms with Crippen molar-refractivity contribution in [2.45, 2.75) is 64.3 Å². The maximum absolute atomic E-state index is 12.2. The van der Waals surface area contributed by atoms with Crippen LogP contribution >= 0.6 is 0 Å². The third-order valence-electron chi connectivity index (χ3n) is 4.17. The van der Waals surface area contributed by atoms with Crippen LogP contribution in [0.5, 0.6) is 0 Å². The van der Waals surface area contributed by atoms with Crippen LogP contribution in [-0.2, 0) is 10.2 Å². The van der Waals surface area contributed by atoms with Crippen LogP contribution in [0.3, 0.4) is 0 Å². The van der Waals surface area contributed by atoms with Gasteiger partial charge < -0.3 is 0 Å². The van der Waals surface area contributed by atoms with Gasteiger partial charge in [-0.1, -0.05) is 18.1 Å². The zero-order chi connectivity index (χ0) is 13.7. The zero-order valence-corrected chi connectivity index (χ0v) is 12.7. The lowest BCUT2D eigenvalue weighted by Gasteiger charge is -2.32. The number of hydrogen-bond acceptors (Lipinski definition) is 2. The molecule has 5 heteroatoms. The SMILES string of the molecule is C[C@@H]1CCCCN1S(=O)(=O)NCCC1=CCCCC1. The average Bonchev–Trinajstić information content (AvgIpc) is 2.40.